The number of nitrogens with zero attached hydrogens (tertiary/aromatic N) is 3. The van der Waals surface area contributed by atoms with Crippen LogP contribution in [0.25, 0.3) is 0 Å². The molecule has 122 valence electrons. The van der Waals surface area contributed by atoms with Crippen molar-refractivity contribution in [2.24, 2.45) is 0 Å². The number of ether oxygens (including phenoxy) is 1. The van der Waals surface area contributed by atoms with E-state index in [1.54, 1.807) is 23.4 Å². The zero-order chi connectivity index (χ0) is 16.4. The fraction of sp³-hybridized carbons (Fsp3) is 0.333. The molecule has 4 nitrogen and oxygen atoms in total. The third-order valence-electron chi connectivity index (χ3n) is 3.57. The summed E-state index contributed by atoms with van der Waals surface area (Å²) in [6, 6.07) is 4.06. The highest BCUT2D eigenvalue weighted by atomic mass is 79.9. The molecule has 0 saturated carbocycles. The molecular formula is C15H13BrF3N3O. The van der Waals surface area contributed by atoms with Gasteiger partial charge in [-0.1, -0.05) is 0 Å². The maximum atomic E-state index is 13.1. The molecule has 23 heavy (non-hydrogen) atoms. The maximum absolute atomic E-state index is 13.1. The normalized spacial score (nSPS) is 18.3. The lowest BCUT2D eigenvalue weighted by atomic mass is 10.2. The van der Waals surface area contributed by atoms with Crippen molar-refractivity contribution < 1.29 is 17.9 Å². The van der Waals surface area contributed by atoms with Crippen molar-refractivity contribution in [1.29, 1.82) is 0 Å². The van der Waals surface area contributed by atoms with Gasteiger partial charge in [-0.2, -0.15) is 13.2 Å². The number of aromatic nitrogens is 2. The molecule has 1 aliphatic rings. The van der Waals surface area contributed by atoms with Crippen molar-refractivity contribution in [1.82, 2.24) is 9.97 Å². The van der Waals surface area contributed by atoms with E-state index in [0.29, 0.717) is 29.7 Å². The molecule has 0 aliphatic carbocycles. The van der Waals surface area contributed by atoms with Crippen molar-refractivity contribution in [2.75, 3.05) is 18.0 Å². The van der Waals surface area contributed by atoms with E-state index < -0.39 is 11.7 Å². The Morgan fingerprint density at radius 1 is 1.26 bits per heavy atom. The van der Waals surface area contributed by atoms with Crippen LogP contribution in [-0.4, -0.2) is 29.2 Å². The summed E-state index contributed by atoms with van der Waals surface area (Å²) in [5, 5.41) is 0. The molecule has 1 unspecified atom stereocenters. The Bertz CT molecular complexity index is 696. The predicted molar refractivity (Wildman–Crippen MR) is 82.4 cm³/mol. The van der Waals surface area contributed by atoms with Crippen molar-refractivity contribution in [3.63, 3.8) is 0 Å². The van der Waals surface area contributed by atoms with E-state index >= 15 is 0 Å². The predicted octanol–water partition coefficient (Wildman–Crippen LogP) is 3.92. The number of alkyl halides is 3. The molecule has 3 heterocycles. The average Bonchev–Trinajstić information content (AvgIpc) is 2.97. The minimum absolute atomic E-state index is 0.0418. The van der Waals surface area contributed by atoms with Gasteiger partial charge in [-0.15, -0.1) is 0 Å². The fourth-order valence-corrected chi connectivity index (χ4v) is 2.87. The highest BCUT2D eigenvalue weighted by molar-refractivity contribution is 9.10. The summed E-state index contributed by atoms with van der Waals surface area (Å²) in [5.41, 5.74) is -0.717. The van der Waals surface area contributed by atoms with E-state index in [4.69, 9.17) is 4.74 Å². The molecule has 1 fully saturated rings. The smallest absolute Gasteiger partial charge is 0.419 e. The van der Waals surface area contributed by atoms with Gasteiger partial charge >= 0.3 is 6.18 Å². The second kappa shape index (κ2) is 6.35. The summed E-state index contributed by atoms with van der Waals surface area (Å²) in [6.45, 7) is 0.822. The summed E-state index contributed by atoms with van der Waals surface area (Å²) in [5.74, 6) is 0.587. The van der Waals surface area contributed by atoms with Crippen LogP contribution in [0.4, 0.5) is 19.0 Å². The van der Waals surface area contributed by atoms with Crippen LogP contribution in [-0.2, 0) is 6.18 Å². The first-order valence-electron chi connectivity index (χ1n) is 6.98. The Balaban J connectivity index is 1.75. The lowest BCUT2D eigenvalue weighted by Crippen LogP contribution is -2.27. The standard InChI is InChI=1S/C15H13BrF3N3O/c16-12-8-20-6-3-13(12)23-10-4-7-22(9-10)14-11(15(17,18)19)2-1-5-21-14/h1-3,5-6,8,10H,4,7,9H2. The van der Waals surface area contributed by atoms with Crippen LogP contribution in [0, 0.1) is 0 Å². The Kier molecular flexibility index (Phi) is 4.43. The quantitative estimate of drug-likeness (QED) is 0.799. The molecule has 2 aromatic heterocycles. The van der Waals surface area contributed by atoms with Gasteiger partial charge in [0.2, 0.25) is 0 Å². The lowest BCUT2D eigenvalue weighted by Gasteiger charge is -2.21. The average molecular weight is 388 g/mol. The maximum Gasteiger partial charge on any atom is 0.419 e. The molecule has 8 heteroatoms. The molecular weight excluding hydrogens is 375 g/mol. The van der Waals surface area contributed by atoms with Crippen LogP contribution in [0.3, 0.4) is 0 Å². The van der Waals surface area contributed by atoms with E-state index in [1.807, 2.05) is 0 Å². The second-order valence-electron chi connectivity index (χ2n) is 5.15. The largest absolute Gasteiger partial charge is 0.487 e. The number of anilines is 1. The summed E-state index contributed by atoms with van der Waals surface area (Å²) in [4.78, 5) is 9.48. The van der Waals surface area contributed by atoms with E-state index in [9.17, 15) is 13.2 Å². The Labute approximate surface area is 139 Å². The van der Waals surface area contributed by atoms with E-state index in [-0.39, 0.29) is 11.9 Å². The van der Waals surface area contributed by atoms with Gasteiger partial charge < -0.3 is 9.64 Å². The summed E-state index contributed by atoms with van der Waals surface area (Å²) < 4.78 is 45.8. The van der Waals surface area contributed by atoms with Crippen molar-refractivity contribution >= 4 is 21.7 Å². The number of pyridine rings is 2. The lowest BCUT2D eigenvalue weighted by molar-refractivity contribution is -0.137. The first-order valence-corrected chi connectivity index (χ1v) is 7.78. The minimum Gasteiger partial charge on any atom is -0.487 e. The van der Waals surface area contributed by atoms with Crippen LogP contribution in [0.2, 0.25) is 0 Å². The van der Waals surface area contributed by atoms with Crippen LogP contribution in [0.15, 0.2) is 41.3 Å². The molecule has 1 saturated heterocycles. The molecule has 0 aromatic carbocycles. The summed E-state index contributed by atoms with van der Waals surface area (Å²) in [7, 11) is 0. The van der Waals surface area contributed by atoms with E-state index in [0.717, 1.165) is 6.07 Å². The van der Waals surface area contributed by atoms with Crippen molar-refractivity contribution in [3.05, 3.63) is 46.8 Å². The zero-order valence-corrected chi connectivity index (χ0v) is 13.5. The van der Waals surface area contributed by atoms with Gasteiger partial charge in [0.25, 0.3) is 0 Å². The molecule has 0 N–H and O–H groups in total. The third kappa shape index (κ3) is 3.57. The molecule has 1 atom stereocenters. The number of hydrogen-bond acceptors (Lipinski definition) is 4. The van der Waals surface area contributed by atoms with Crippen LogP contribution in [0.1, 0.15) is 12.0 Å². The topological polar surface area (TPSA) is 38.2 Å². The van der Waals surface area contributed by atoms with Crippen LogP contribution >= 0.6 is 15.9 Å². The Morgan fingerprint density at radius 3 is 2.83 bits per heavy atom. The highest BCUT2D eigenvalue weighted by Crippen LogP contribution is 2.36. The molecule has 0 radical (unpaired) electrons. The van der Waals surface area contributed by atoms with Crippen molar-refractivity contribution in [2.45, 2.75) is 18.7 Å². The zero-order valence-electron chi connectivity index (χ0n) is 11.9. The number of halogens is 4. The molecule has 0 bridgehead atoms. The second-order valence-corrected chi connectivity index (χ2v) is 6.01. The van der Waals surface area contributed by atoms with E-state index in [1.165, 1.54) is 12.3 Å². The van der Waals surface area contributed by atoms with Crippen molar-refractivity contribution in [3.8, 4) is 5.75 Å². The molecule has 2 aromatic rings. The number of rotatable bonds is 3. The molecule has 0 amide bonds. The van der Waals surface area contributed by atoms with Gasteiger partial charge in [0, 0.05) is 31.6 Å². The van der Waals surface area contributed by atoms with Crippen LogP contribution in [0.5, 0.6) is 5.75 Å². The van der Waals surface area contributed by atoms with Gasteiger partial charge in [-0.3, -0.25) is 4.98 Å². The van der Waals surface area contributed by atoms with Gasteiger partial charge in [0.15, 0.2) is 0 Å². The van der Waals surface area contributed by atoms with Gasteiger partial charge in [-0.05, 0) is 34.1 Å². The van der Waals surface area contributed by atoms with E-state index in [2.05, 4.69) is 25.9 Å². The SMILES string of the molecule is FC(F)(F)c1cccnc1N1CCC(Oc2ccncc2Br)C1. The molecule has 3 rings (SSSR count). The van der Waals surface area contributed by atoms with Gasteiger partial charge in [0.05, 0.1) is 16.6 Å². The molecule has 1 aliphatic heterocycles. The summed E-state index contributed by atoms with van der Waals surface area (Å²) >= 11 is 3.34. The highest BCUT2D eigenvalue weighted by Gasteiger charge is 2.37. The Morgan fingerprint density at radius 2 is 2.09 bits per heavy atom. The fourth-order valence-electron chi connectivity index (χ4n) is 2.52. The first-order chi connectivity index (χ1) is 10.9. The Hall–Kier alpha value is -1.83. The first kappa shape index (κ1) is 16.0. The van der Waals surface area contributed by atoms with Gasteiger partial charge in [-0.25, -0.2) is 4.98 Å². The number of hydrogen-bond donors (Lipinski definition) is 0. The molecule has 0 spiro atoms. The monoisotopic (exact) mass is 387 g/mol. The minimum atomic E-state index is -4.42. The third-order valence-corrected chi connectivity index (χ3v) is 4.16. The van der Waals surface area contributed by atoms with Gasteiger partial charge in [0.1, 0.15) is 17.7 Å². The van der Waals surface area contributed by atoms with Crippen LogP contribution < -0.4 is 9.64 Å². The summed E-state index contributed by atoms with van der Waals surface area (Å²) in [6.07, 6.45) is 0.602.